The van der Waals surface area contributed by atoms with E-state index in [1.807, 2.05) is 11.9 Å². The van der Waals surface area contributed by atoms with E-state index in [1.165, 1.54) is 31.5 Å². The molecule has 3 amide bonds. The molecular formula is C24H32N8O5. The standard InChI is InChI=1S/C24H32N8O5/c1-26-20-17(23(35)31(3)15-29-22(34)16-13-27-24(25)28-14-16)5-6-18(21(20)36-4)37-12-7-19(33)32-10-8-30(2)9-11-32/h5-6,13-14H,1,7-12,15H2,2-4H3,(H,29,34)(H2,25,27,28). The van der Waals surface area contributed by atoms with Gasteiger partial charge in [0, 0.05) is 45.6 Å². The van der Waals surface area contributed by atoms with E-state index < -0.39 is 11.8 Å². The number of nitrogens with one attached hydrogen (secondary N) is 1. The molecule has 1 aliphatic heterocycles. The van der Waals surface area contributed by atoms with Crippen molar-refractivity contribution in [1.82, 2.24) is 30.0 Å². The maximum atomic E-state index is 13.1. The summed E-state index contributed by atoms with van der Waals surface area (Å²) in [6.45, 7) is 6.70. The predicted octanol–water partition coefficient (Wildman–Crippen LogP) is 0.402. The maximum absolute atomic E-state index is 13.1. The summed E-state index contributed by atoms with van der Waals surface area (Å²) < 4.78 is 11.3. The molecular weight excluding hydrogens is 480 g/mol. The predicted molar refractivity (Wildman–Crippen MR) is 137 cm³/mol. The number of likely N-dealkylation sites (N-methyl/N-ethyl adjacent to an activating group) is 1. The molecule has 13 nitrogen and oxygen atoms in total. The molecule has 1 fully saturated rings. The average molecular weight is 513 g/mol. The number of hydrogen-bond donors (Lipinski definition) is 2. The average Bonchev–Trinajstić information content (AvgIpc) is 2.91. The number of nitrogen functional groups attached to an aromatic ring is 1. The molecule has 2 aromatic rings. The van der Waals surface area contributed by atoms with Crippen molar-refractivity contribution < 1.29 is 23.9 Å². The second-order valence-electron chi connectivity index (χ2n) is 8.43. The Morgan fingerprint density at radius 1 is 1.19 bits per heavy atom. The fourth-order valence-corrected chi connectivity index (χ4v) is 3.68. The van der Waals surface area contributed by atoms with E-state index in [4.69, 9.17) is 15.2 Å². The molecule has 2 heterocycles. The number of aromatic nitrogens is 2. The minimum Gasteiger partial charge on any atom is -0.491 e. The van der Waals surface area contributed by atoms with Crippen LogP contribution in [0.4, 0.5) is 11.6 Å². The van der Waals surface area contributed by atoms with E-state index in [9.17, 15) is 14.4 Å². The molecule has 0 saturated carbocycles. The van der Waals surface area contributed by atoms with E-state index in [2.05, 4.69) is 31.9 Å². The zero-order valence-corrected chi connectivity index (χ0v) is 21.3. The minimum atomic E-state index is -0.464. The molecule has 1 aromatic heterocycles. The van der Waals surface area contributed by atoms with Gasteiger partial charge in [0.25, 0.3) is 11.8 Å². The van der Waals surface area contributed by atoms with E-state index >= 15 is 0 Å². The molecule has 0 aliphatic carbocycles. The first-order valence-corrected chi connectivity index (χ1v) is 11.6. The van der Waals surface area contributed by atoms with Crippen LogP contribution in [0, 0.1) is 0 Å². The van der Waals surface area contributed by atoms with Crippen LogP contribution in [0.5, 0.6) is 11.5 Å². The van der Waals surface area contributed by atoms with Crippen LogP contribution in [0.2, 0.25) is 0 Å². The zero-order valence-electron chi connectivity index (χ0n) is 21.3. The van der Waals surface area contributed by atoms with Crippen molar-refractivity contribution in [2.24, 2.45) is 4.99 Å². The Hall–Kier alpha value is -4.26. The third-order valence-electron chi connectivity index (χ3n) is 5.87. The monoisotopic (exact) mass is 512 g/mol. The van der Waals surface area contributed by atoms with Crippen molar-refractivity contribution in [3.05, 3.63) is 35.7 Å². The molecule has 1 saturated heterocycles. The molecule has 3 rings (SSSR count). The molecule has 1 aliphatic rings. The van der Waals surface area contributed by atoms with Gasteiger partial charge in [-0.05, 0) is 25.9 Å². The van der Waals surface area contributed by atoms with Crippen LogP contribution in [-0.2, 0) is 4.79 Å². The highest BCUT2D eigenvalue weighted by atomic mass is 16.5. The lowest BCUT2D eigenvalue weighted by Gasteiger charge is -2.32. The minimum absolute atomic E-state index is 0.0233. The Morgan fingerprint density at radius 2 is 1.86 bits per heavy atom. The number of amides is 3. The number of aliphatic imine (C=N–C) groups is 1. The summed E-state index contributed by atoms with van der Waals surface area (Å²) in [5.41, 5.74) is 6.04. The Bertz CT molecular complexity index is 1130. The molecule has 0 unspecified atom stereocenters. The highest BCUT2D eigenvalue weighted by Gasteiger charge is 2.23. The second-order valence-corrected chi connectivity index (χ2v) is 8.43. The summed E-state index contributed by atoms with van der Waals surface area (Å²) >= 11 is 0. The Balaban J connectivity index is 1.62. The van der Waals surface area contributed by atoms with Gasteiger partial charge in [0.05, 0.1) is 37.9 Å². The quantitative estimate of drug-likeness (QED) is 0.340. The first-order chi connectivity index (χ1) is 17.7. The lowest BCUT2D eigenvalue weighted by molar-refractivity contribution is -0.133. The van der Waals surface area contributed by atoms with E-state index in [-0.39, 0.29) is 54.1 Å². The maximum Gasteiger partial charge on any atom is 0.257 e. The van der Waals surface area contributed by atoms with Gasteiger partial charge < -0.3 is 35.2 Å². The van der Waals surface area contributed by atoms with Gasteiger partial charge in [0.1, 0.15) is 5.69 Å². The van der Waals surface area contributed by atoms with Gasteiger partial charge >= 0.3 is 0 Å². The summed E-state index contributed by atoms with van der Waals surface area (Å²) in [5, 5.41) is 2.62. The van der Waals surface area contributed by atoms with Gasteiger partial charge in [-0.2, -0.15) is 0 Å². The van der Waals surface area contributed by atoms with Gasteiger partial charge in [0.15, 0.2) is 11.5 Å². The van der Waals surface area contributed by atoms with Crippen LogP contribution in [0.15, 0.2) is 29.5 Å². The molecule has 0 radical (unpaired) electrons. The highest BCUT2D eigenvalue weighted by Crippen LogP contribution is 2.40. The largest absolute Gasteiger partial charge is 0.491 e. The van der Waals surface area contributed by atoms with Gasteiger partial charge in [-0.15, -0.1) is 0 Å². The van der Waals surface area contributed by atoms with Gasteiger partial charge in [0.2, 0.25) is 11.9 Å². The molecule has 37 heavy (non-hydrogen) atoms. The summed E-state index contributed by atoms with van der Waals surface area (Å²) in [7, 11) is 4.98. The van der Waals surface area contributed by atoms with Crippen LogP contribution in [0.3, 0.4) is 0 Å². The van der Waals surface area contributed by atoms with Crippen molar-refractivity contribution in [3.63, 3.8) is 0 Å². The molecule has 0 spiro atoms. The third-order valence-corrected chi connectivity index (χ3v) is 5.87. The number of nitrogens with two attached hydrogens (primary N) is 1. The number of methoxy groups -OCH3 is 1. The molecule has 0 bridgehead atoms. The Labute approximate surface area is 215 Å². The van der Waals surface area contributed by atoms with Crippen molar-refractivity contribution in [1.29, 1.82) is 0 Å². The topological polar surface area (TPSA) is 156 Å². The van der Waals surface area contributed by atoms with Gasteiger partial charge in [-0.25, -0.2) is 9.97 Å². The number of hydrogen-bond acceptors (Lipinski definition) is 10. The van der Waals surface area contributed by atoms with E-state index in [1.54, 1.807) is 12.1 Å². The van der Waals surface area contributed by atoms with Crippen molar-refractivity contribution in [3.8, 4) is 11.5 Å². The van der Waals surface area contributed by atoms with Crippen molar-refractivity contribution in [2.45, 2.75) is 6.42 Å². The van der Waals surface area contributed by atoms with Crippen LogP contribution in [0.25, 0.3) is 0 Å². The van der Waals surface area contributed by atoms with Crippen LogP contribution in [0.1, 0.15) is 27.1 Å². The second kappa shape index (κ2) is 12.6. The lowest BCUT2D eigenvalue weighted by atomic mass is 10.1. The summed E-state index contributed by atoms with van der Waals surface area (Å²) in [5.74, 6) is -0.247. The van der Waals surface area contributed by atoms with Crippen molar-refractivity contribution >= 4 is 36.1 Å². The normalized spacial score (nSPS) is 13.5. The fraction of sp³-hybridized carbons (Fsp3) is 0.417. The molecule has 1 aromatic carbocycles. The lowest BCUT2D eigenvalue weighted by Crippen LogP contribution is -2.47. The fourth-order valence-electron chi connectivity index (χ4n) is 3.68. The number of anilines is 1. The molecule has 198 valence electrons. The SMILES string of the molecule is C=Nc1c(C(=O)N(C)CNC(=O)c2cnc(N)nc2)ccc(OCCC(=O)N2CCN(C)CC2)c1OC. The summed E-state index contributed by atoms with van der Waals surface area (Å²) in [4.78, 5) is 54.7. The summed E-state index contributed by atoms with van der Waals surface area (Å²) in [6.07, 6.45) is 2.80. The smallest absolute Gasteiger partial charge is 0.257 e. The molecule has 13 heteroatoms. The number of rotatable bonds is 10. The van der Waals surface area contributed by atoms with Gasteiger partial charge in [-0.3, -0.25) is 19.4 Å². The van der Waals surface area contributed by atoms with E-state index in [0.29, 0.717) is 18.8 Å². The Morgan fingerprint density at radius 3 is 2.49 bits per heavy atom. The third kappa shape index (κ3) is 6.91. The number of carbonyl (C=O) groups excluding carboxylic acids is 3. The molecule has 3 N–H and O–H groups in total. The van der Waals surface area contributed by atoms with E-state index in [0.717, 1.165) is 13.1 Å². The van der Waals surface area contributed by atoms with Crippen molar-refractivity contribution in [2.75, 3.05) is 66.4 Å². The first-order valence-electron chi connectivity index (χ1n) is 11.6. The van der Waals surface area contributed by atoms with Crippen LogP contribution < -0.4 is 20.5 Å². The van der Waals surface area contributed by atoms with Crippen LogP contribution in [-0.4, -0.2) is 110 Å². The summed E-state index contributed by atoms with van der Waals surface area (Å²) in [6, 6.07) is 3.12. The number of ether oxygens (including phenoxy) is 2. The highest BCUT2D eigenvalue weighted by molar-refractivity contribution is 6.01. The number of piperazine rings is 1. The molecule has 0 atom stereocenters. The first kappa shape index (κ1) is 27.3. The van der Waals surface area contributed by atoms with Crippen LogP contribution >= 0.6 is 0 Å². The number of carbonyl (C=O) groups is 3. The number of benzene rings is 1. The van der Waals surface area contributed by atoms with Gasteiger partial charge in [-0.1, -0.05) is 0 Å². The zero-order chi connectivity index (χ0) is 26.9. The number of nitrogens with zero attached hydrogens (tertiary/aromatic N) is 6. The Kier molecular flexibility index (Phi) is 9.33.